The lowest BCUT2D eigenvalue weighted by Gasteiger charge is -2.03. The molecule has 0 saturated heterocycles. The fourth-order valence-corrected chi connectivity index (χ4v) is 1.20. The van der Waals surface area contributed by atoms with Crippen molar-refractivity contribution < 1.29 is 19.1 Å². The number of primary amides is 1. The third-order valence-corrected chi connectivity index (χ3v) is 2.01. The van der Waals surface area contributed by atoms with E-state index in [-0.39, 0.29) is 5.56 Å². The van der Waals surface area contributed by atoms with Crippen LogP contribution in [-0.4, -0.2) is 18.7 Å². The molecular weight excluding hydrogens is 236 g/mol. The quantitative estimate of drug-likeness (QED) is 0.481. The molecule has 1 rings (SSSR count). The monoisotopic (exact) mass is 248 g/mol. The maximum absolute atomic E-state index is 11.3. The highest BCUT2D eigenvalue weighted by molar-refractivity contribution is 5.95. The van der Waals surface area contributed by atoms with Crippen LogP contribution < -0.4 is 5.73 Å². The highest BCUT2D eigenvalue weighted by Gasteiger charge is 2.09. The summed E-state index contributed by atoms with van der Waals surface area (Å²) in [5.74, 6) is -0.792. The van der Waals surface area contributed by atoms with Gasteiger partial charge in [-0.2, -0.15) is 5.26 Å². The van der Waals surface area contributed by atoms with Gasteiger partial charge in [-0.15, -0.1) is 0 Å². The molecule has 2 N–H and O–H groups in total. The molecule has 0 atom stereocenters. The van der Waals surface area contributed by atoms with Crippen LogP contribution in [0.2, 0.25) is 0 Å². The zero-order valence-corrected chi connectivity index (χ0v) is 9.59. The molecule has 0 aliphatic rings. The lowest BCUT2D eigenvalue weighted by Crippen LogP contribution is -2.18. The number of nitriles is 1. The number of amides is 1. The molecule has 18 heavy (non-hydrogen) atoms. The van der Waals surface area contributed by atoms with E-state index in [4.69, 9.17) is 15.7 Å². The first-order chi connectivity index (χ1) is 8.63. The van der Waals surface area contributed by atoms with Gasteiger partial charge in [0, 0.05) is 0 Å². The zero-order chi connectivity index (χ0) is 13.4. The Morgan fingerprint density at radius 1 is 1.28 bits per heavy atom. The third-order valence-electron chi connectivity index (χ3n) is 2.01. The van der Waals surface area contributed by atoms with Gasteiger partial charge in [0.2, 0.25) is 0 Å². The van der Waals surface area contributed by atoms with Crippen LogP contribution in [-0.2, 0) is 16.1 Å². The van der Waals surface area contributed by atoms with Gasteiger partial charge < -0.3 is 15.2 Å². The molecule has 0 spiro atoms. The Morgan fingerprint density at radius 2 is 1.94 bits per heavy atom. The van der Waals surface area contributed by atoms with Gasteiger partial charge in [-0.25, -0.2) is 9.59 Å². The van der Waals surface area contributed by atoms with E-state index in [9.17, 15) is 9.59 Å². The van der Waals surface area contributed by atoms with Crippen LogP contribution in [0, 0.1) is 11.3 Å². The van der Waals surface area contributed by atoms with Gasteiger partial charge in [0.05, 0.1) is 31.3 Å². The number of benzene rings is 1. The number of carbonyl (C=O) groups is 2. The highest BCUT2D eigenvalue weighted by atomic mass is 16.6. The standard InChI is InChI=1S/C12H12N2O4/c13-6-1-7-17-8-9-2-4-10(5-3-9)11(15)18-12(14)16/h2-5H,1,7-8H2,(H2,14,16). The van der Waals surface area contributed by atoms with Gasteiger partial charge in [0.25, 0.3) is 0 Å². The molecule has 0 aromatic heterocycles. The number of nitrogens with two attached hydrogens (primary N) is 1. The van der Waals surface area contributed by atoms with Crippen LogP contribution in [0.15, 0.2) is 24.3 Å². The van der Waals surface area contributed by atoms with Crippen LogP contribution >= 0.6 is 0 Å². The van der Waals surface area contributed by atoms with E-state index in [2.05, 4.69) is 4.74 Å². The van der Waals surface area contributed by atoms with Crippen molar-refractivity contribution in [1.82, 2.24) is 0 Å². The first kappa shape index (κ1) is 13.7. The average molecular weight is 248 g/mol. The first-order valence-electron chi connectivity index (χ1n) is 5.18. The fourth-order valence-electron chi connectivity index (χ4n) is 1.20. The van der Waals surface area contributed by atoms with Crippen LogP contribution in [0.25, 0.3) is 0 Å². The van der Waals surface area contributed by atoms with Crippen molar-refractivity contribution in [1.29, 1.82) is 5.26 Å². The molecule has 0 bridgehead atoms. The van der Waals surface area contributed by atoms with E-state index in [0.29, 0.717) is 19.6 Å². The highest BCUT2D eigenvalue weighted by Crippen LogP contribution is 2.07. The van der Waals surface area contributed by atoms with Gasteiger partial charge in [-0.3, -0.25) is 0 Å². The Hall–Kier alpha value is -2.39. The van der Waals surface area contributed by atoms with Gasteiger partial charge >= 0.3 is 12.1 Å². The van der Waals surface area contributed by atoms with E-state index < -0.39 is 12.1 Å². The summed E-state index contributed by atoms with van der Waals surface area (Å²) in [6.07, 6.45) is -0.799. The van der Waals surface area contributed by atoms with Crippen molar-refractivity contribution >= 4 is 12.1 Å². The van der Waals surface area contributed by atoms with Crippen LogP contribution in [0.5, 0.6) is 0 Å². The minimum atomic E-state index is -1.14. The topological polar surface area (TPSA) is 102 Å². The molecule has 0 unspecified atom stereocenters. The maximum Gasteiger partial charge on any atom is 0.412 e. The van der Waals surface area contributed by atoms with Crippen molar-refractivity contribution in [2.75, 3.05) is 6.61 Å². The SMILES string of the molecule is N#CCCOCc1ccc(C(=O)OC(N)=O)cc1. The smallest absolute Gasteiger partial charge is 0.376 e. The largest absolute Gasteiger partial charge is 0.412 e. The minimum absolute atomic E-state index is 0.231. The second-order valence-electron chi connectivity index (χ2n) is 3.37. The summed E-state index contributed by atoms with van der Waals surface area (Å²) in [5, 5.41) is 8.31. The van der Waals surface area contributed by atoms with Gasteiger partial charge in [-0.1, -0.05) is 12.1 Å². The van der Waals surface area contributed by atoms with Crippen LogP contribution in [0.4, 0.5) is 4.79 Å². The molecule has 94 valence electrons. The molecule has 0 saturated carbocycles. The fraction of sp³-hybridized carbons (Fsp3) is 0.250. The van der Waals surface area contributed by atoms with E-state index in [1.54, 1.807) is 12.1 Å². The molecule has 1 aromatic rings. The second-order valence-corrected chi connectivity index (χ2v) is 3.37. The van der Waals surface area contributed by atoms with Crippen molar-refractivity contribution in [2.45, 2.75) is 13.0 Å². The second kappa shape index (κ2) is 7.04. The normalized spacial score (nSPS) is 9.50. The molecule has 0 aliphatic carbocycles. The summed E-state index contributed by atoms with van der Waals surface area (Å²) in [5.41, 5.74) is 5.81. The number of hydrogen-bond donors (Lipinski definition) is 1. The van der Waals surface area contributed by atoms with Crippen LogP contribution in [0.3, 0.4) is 0 Å². The van der Waals surface area contributed by atoms with E-state index >= 15 is 0 Å². The lowest BCUT2D eigenvalue weighted by molar-refractivity contribution is 0.0638. The number of rotatable bonds is 5. The van der Waals surface area contributed by atoms with Gasteiger partial charge in [0.1, 0.15) is 0 Å². The molecule has 1 amide bonds. The number of esters is 1. The first-order valence-corrected chi connectivity index (χ1v) is 5.18. The van der Waals surface area contributed by atoms with Crippen molar-refractivity contribution in [3.63, 3.8) is 0 Å². The summed E-state index contributed by atoms with van der Waals surface area (Å²) in [7, 11) is 0. The predicted molar refractivity (Wildman–Crippen MR) is 61.3 cm³/mol. The summed E-state index contributed by atoms with van der Waals surface area (Å²) in [6.45, 7) is 0.717. The number of nitrogens with zero attached hydrogens (tertiary/aromatic N) is 1. The lowest BCUT2D eigenvalue weighted by atomic mass is 10.1. The summed E-state index contributed by atoms with van der Waals surface area (Å²) in [6, 6.07) is 8.32. The Morgan fingerprint density at radius 3 is 2.50 bits per heavy atom. The molecule has 1 aromatic carbocycles. The molecule has 0 aliphatic heterocycles. The Labute approximate surface area is 104 Å². The predicted octanol–water partition coefficient (Wildman–Crippen LogP) is 1.35. The summed E-state index contributed by atoms with van der Waals surface area (Å²) in [4.78, 5) is 21.7. The molecule has 0 fully saturated rings. The Bertz CT molecular complexity index is 462. The minimum Gasteiger partial charge on any atom is -0.376 e. The summed E-state index contributed by atoms with van der Waals surface area (Å²) >= 11 is 0. The third kappa shape index (κ3) is 4.63. The average Bonchev–Trinajstić information content (AvgIpc) is 2.34. The van der Waals surface area contributed by atoms with Crippen molar-refractivity contribution in [2.24, 2.45) is 5.73 Å². The number of ether oxygens (including phenoxy) is 2. The van der Waals surface area contributed by atoms with E-state index in [1.807, 2.05) is 6.07 Å². The van der Waals surface area contributed by atoms with Crippen LogP contribution in [0.1, 0.15) is 22.3 Å². The molecular formula is C12H12N2O4. The Kier molecular flexibility index (Phi) is 5.35. The Balaban J connectivity index is 2.50. The van der Waals surface area contributed by atoms with E-state index in [1.165, 1.54) is 12.1 Å². The zero-order valence-electron chi connectivity index (χ0n) is 9.59. The van der Waals surface area contributed by atoms with Gasteiger partial charge in [0.15, 0.2) is 0 Å². The van der Waals surface area contributed by atoms with Crippen molar-refractivity contribution in [3.05, 3.63) is 35.4 Å². The maximum atomic E-state index is 11.3. The van der Waals surface area contributed by atoms with Gasteiger partial charge in [-0.05, 0) is 17.7 Å². The number of hydrogen-bond acceptors (Lipinski definition) is 5. The summed E-state index contributed by atoms with van der Waals surface area (Å²) < 4.78 is 9.43. The molecule has 6 nitrogen and oxygen atoms in total. The van der Waals surface area contributed by atoms with E-state index in [0.717, 1.165) is 5.56 Å². The molecule has 0 radical (unpaired) electrons. The molecule has 6 heteroatoms. The van der Waals surface area contributed by atoms with Crippen molar-refractivity contribution in [3.8, 4) is 6.07 Å². The molecule has 0 heterocycles. The number of carbonyl (C=O) groups excluding carboxylic acids is 2.